The minimum Gasteiger partial charge on any atom is -0.382 e. The van der Waals surface area contributed by atoms with Crippen LogP contribution in [-0.2, 0) is 6.18 Å². The second-order valence-corrected chi connectivity index (χ2v) is 5.84. The first kappa shape index (κ1) is 14.2. The molecule has 1 nitrogen and oxygen atoms in total. The standard InChI is InChI=1S/C15H20F3N/c1-9(2)11-6-13(7-11)19-12-5-4-10(3)14(8-12)15(16,17)18/h4-5,8-9,11,13,19H,6-7H2,1-3H3. The number of aryl methyl sites for hydroxylation is 1. The molecular weight excluding hydrogens is 251 g/mol. The van der Waals surface area contributed by atoms with Crippen LogP contribution in [0.3, 0.4) is 0 Å². The lowest BCUT2D eigenvalue weighted by Gasteiger charge is -2.39. The van der Waals surface area contributed by atoms with Crippen molar-refractivity contribution in [3.05, 3.63) is 29.3 Å². The van der Waals surface area contributed by atoms with Gasteiger partial charge in [-0.05, 0) is 49.3 Å². The van der Waals surface area contributed by atoms with Gasteiger partial charge < -0.3 is 5.32 Å². The Bertz CT molecular complexity index is 445. The van der Waals surface area contributed by atoms with E-state index in [1.54, 1.807) is 6.07 Å². The molecule has 1 aliphatic rings. The van der Waals surface area contributed by atoms with E-state index in [2.05, 4.69) is 19.2 Å². The Morgan fingerprint density at radius 2 is 1.84 bits per heavy atom. The Morgan fingerprint density at radius 3 is 2.37 bits per heavy atom. The highest BCUT2D eigenvalue weighted by atomic mass is 19.4. The first-order valence-electron chi connectivity index (χ1n) is 6.71. The third-order valence-electron chi connectivity index (χ3n) is 4.03. The van der Waals surface area contributed by atoms with Crippen LogP contribution >= 0.6 is 0 Å². The number of hydrogen-bond acceptors (Lipinski definition) is 1. The number of nitrogens with one attached hydrogen (secondary N) is 1. The van der Waals surface area contributed by atoms with E-state index in [1.807, 2.05) is 0 Å². The van der Waals surface area contributed by atoms with Crippen LogP contribution in [0, 0.1) is 18.8 Å². The fourth-order valence-corrected chi connectivity index (χ4v) is 2.58. The van der Waals surface area contributed by atoms with E-state index in [-0.39, 0.29) is 5.56 Å². The monoisotopic (exact) mass is 271 g/mol. The van der Waals surface area contributed by atoms with E-state index >= 15 is 0 Å². The van der Waals surface area contributed by atoms with Crippen molar-refractivity contribution in [1.82, 2.24) is 0 Å². The van der Waals surface area contributed by atoms with Gasteiger partial charge in [0.15, 0.2) is 0 Å². The lowest BCUT2D eigenvalue weighted by Crippen LogP contribution is -2.37. The fraction of sp³-hybridized carbons (Fsp3) is 0.600. The van der Waals surface area contributed by atoms with Crippen LogP contribution in [0.4, 0.5) is 18.9 Å². The predicted octanol–water partition coefficient (Wildman–Crippen LogP) is 4.86. The molecule has 4 heteroatoms. The molecule has 19 heavy (non-hydrogen) atoms. The number of rotatable bonds is 3. The number of alkyl halides is 3. The van der Waals surface area contributed by atoms with Crippen molar-refractivity contribution >= 4 is 5.69 Å². The summed E-state index contributed by atoms with van der Waals surface area (Å²) < 4.78 is 38.4. The maximum absolute atomic E-state index is 12.8. The summed E-state index contributed by atoms with van der Waals surface area (Å²) in [5, 5.41) is 3.20. The molecule has 1 N–H and O–H groups in total. The largest absolute Gasteiger partial charge is 0.416 e. The summed E-state index contributed by atoms with van der Waals surface area (Å²) in [4.78, 5) is 0. The van der Waals surface area contributed by atoms with E-state index in [9.17, 15) is 13.2 Å². The topological polar surface area (TPSA) is 12.0 Å². The molecule has 0 atom stereocenters. The van der Waals surface area contributed by atoms with Crippen LogP contribution in [0.5, 0.6) is 0 Å². The third kappa shape index (κ3) is 3.23. The molecule has 0 amide bonds. The van der Waals surface area contributed by atoms with Crippen LogP contribution in [-0.4, -0.2) is 6.04 Å². The zero-order valence-corrected chi connectivity index (χ0v) is 11.5. The minimum atomic E-state index is -4.28. The maximum atomic E-state index is 12.8. The van der Waals surface area contributed by atoms with Gasteiger partial charge in [-0.1, -0.05) is 19.9 Å². The zero-order chi connectivity index (χ0) is 14.2. The molecule has 2 rings (SSSR count). The Hall–Kier alpha value is -1.19. The van der Waals surface area contributed by atoms with Crippen LogP contribution < -0.4 is 5.32 Å². The highest BCUT2D eigenvalue weighted by Crippen LogP contribution is 2.37. The van der Waals surface area contributed by atoms with Crippen molar-refractivity contribution < 1.29 is 13.2 Å². The summed E-state index contributed by atoms with van der Waals surface area (Å²) in [5.41, 5.74) is 0.300. The van der Waals surface area contributed by atoms with Gasteiger partial charge in [0.05, 0.1) is 5.56 Å². The Kier molecular flexibility index (Phi) is 3.79. The van der Waals surface area contributed by atoms with Crippen molar-refractivity contribution in [2.45, 2.75) is 45.8 Å². The SMILES string of the molecule is Cc1ccc(NC2CC(C(C)C)C2)cc1C(F)(F)F. The van der Waals surface area contributed by atoms with Gasteiger partial charge in [0.25, 0.3) is 0 Å². The molecule has 0 heterocycles. The summed E-state index contributed by atoms with van der Waals surface area (Å²) in [7, 11) is 0. The summed E-state index contributed by atoms with van der Waals surface area (Å²) in [5.74, 6) is 1.35. The lowest BCUT2D eigenvalue weighted by atomic mass is 9.73. The van der Waals surface area contributed by atoms with Crippen LogP contribution in [0.1, 0.15) is 37.8 Å². The molecule has 0 aromatic heterocycles. The first-order valence-corrected chi connectivity index (χ1v) is 6.71. The number of anilines is 1. The molecule has 0 bridgehead atoms. The summed E-state index contributed by atoms with van der Waals surface area (Å²) in [6.45, 7) is 5.87. The van der Waals surface area contributed by atoms with Gasteiger partial charge in [0.2, 0.25) is 0 Å². The number of hydrogen-bond donors (Lipinski definition) is 1. The van der Waals surface area contributed by atoms with Crippen molar-refractivity contribution in [2.75, 3.05) is 5.32 Å². The van der Waals surface area contributed by atoms with Crippen molar-refractivity contribution in [2.24, 2.45) is 11.8 Å². The molecule has 0 spiro atoms. The normalized spacial score (nSPS) is 23.3. The van der Waals surface area contributed by atoms with Crippen molar-refractivity contribution in [3.63, 3.8) is 0 Å². The average molecular weight is 271 g/mol. The summed E-state index contributed by atoms with van der Waals surface area (Å²) in [6.07, 6.45) is -2.18. The van der Waals surface area contributed by atoms with Crippen LogP contribution in [0.2, 0.25) is 0 Å². The Morgan fingerprint density at radius 1 is 1.21 bits per heavy atom. The quantitative estimate of drug-likeness (QED) is 0.827. The van der Waals surface area contributed by atoms with Crippen LogP contribution in [0.25, 0.3) is 0 Å². The van der Waals surface area contributed by atoms with E-state index in [0.717, 1.165) is 12.8 Å². The molecule has 0 radical (unpaired) electrons. The zero-order valence-electron chi connectivity index (χ0n) is 11.5. The molecule has 1 aromatic rings. The average Bonchev–Trinajstić information content (AvgIpc) is 2.22. The Balaban J connectivity index is 2.03. The molecule has 1 aromatic carbocycles. The molecular formula is C15H20F3N. The minimum absolute atomic E-state index is 0.270. The predicted molar refractivity (Wildman–Crippen MR) is 71.2 cm³/mol. The Labute approximate surface area is 112 Å². The number of halogens is 3. The van der Waals surface area contributed by atoms with Gasteiger partial charge in [-0.15, -0.1) is 0 Å². The van der Waals surface area contributed by atoms with E-state index in [0.29, 0.717) is 23.6 Å². The van der Waals surface area contributed by atoms with E-state index in [4.69, 9.17) is 0 Å². The van der Waals surface area contributed by atoms with Gasteiger partial charge in [-0.25, -0.2) is 0 Å². The highest BCUT2D eigenvalue weighted by Gasteiger charge is 2.34. The molecule has 1 aliphatic carbocycles. The van der Waals surface area contributed by atoms with E-state index in [1.165, 1.54) is 19.1 Å². The second kappa shape index (κ2) is 5.06. The molecule has 0 unspecified atom stereocenters. The smallest absolute Gasteiger partial charge is 0.382 e. The third-order valence-corrected chi connectivity index (χ3v) is 4.03. The first-order chi connectivity index (χ1) is 8.77. The van der Waals surface area contributed by atoms with Gasteiger partial charge in [-0.2, -0.15) is 13.2 Å². The summed E-state index contributed by atoms with van der Waals surface area (Å²) >= 11 is 0. The van der Waals surface area contributed by atoms with Gasteiger partial charge in [0.1, 0.15) is 0 Å². The van der Waals surface area contributed by atoms with Gasteiger partial charge in [0, 0.05) is 11.7 Å². The molecule has 1 saturated carbocycles. The summed E-state index contributed by atoms with van der Waals surface area (Å²) in [6, 6.07) is 4.80. The maximum Gasteiger partial charge on any atom is 0.416 e. The molecule has 1 fully saturated rings. The van der Waals surface area contributed by atoms with Crippen LogP contribution in [0.15, 0.2) is 18.2 Å². The fourth-order valence-electron chi connectivity index (χ4n) is 2.58. The highest BCUT2D eigenvalue weighted by molar-refractivity contribution is 5.50. The second-order valence-electron chi connectivity index (χ2n) is 5.84. The molecule has 106 valence electrons. The van der Waals surface area contributed by atoms with Crippen molar-refractivity contribution in [1.29, 1.82) is 0 Å². The molecule has 0 saturated heterocycles. The number of benzene rings is 1. The molecule has 0 aliphatic heterocycles. The van der Waals surface area contributed by atoms with Gasteiger partial charge in [-0.3, -0.25) is 0 Å². The van der Waals surface area contributed by atoms with Gasteiger partial charge >= 0.3 is 6.18 Å². The van der Waals surface area contributed by atoms with E-state index < -0.39 is 11.7 Å². The lowest BCUT2D eigenvalue weighted by molar-refractivity contribution is -0.138. The van der Waals surface area contributed by atoms with Crippen molar-refractivity contribution in [3.8, 4) is 0 Å².